The van der Waals surface area contributed by atoms with E-state index in [1.165, 1.54) is 6.07 Å². The molecule has 0 amide bonds. The van der Waals surface area contributed by atoms with Gasteiger partial charge in [-0.25, -0.2) is 4.39 Å². The van der Waals surface area contributed by atoms with E-state index in [2.05, 4.69) is 15.9 Å². The zero-order valence-electron chi connectivity index (χ0n) is 7.31. The van der Waals surface area contributed by atoms with E-state index in [4.69, 9.17) is 0 Å². The minimum absolute atomic E-state index is 0.155. The van der Waals surface area contributed by atoms with Crippen molar-refractivity contribution in [1.29, 1.82) is 0 Å². The highest BCUT2D eigenvalue weighted by Crippen LogP contribution is 2.12. The van der Waals surface area contributed by atoms with Gasteiger partial charge in [-0.3, -0.25) is 4.79 Å². The van der Waals surface area contributed by atoms with Crippen molar-refractivity contribution in [2.24, 2.45) is 0 Å². The quantitative estimate of drug-likeness (QED) is 0.590. The van der Waals surface area contributed by atoms with Gasteiger partial charge < -0.3 is 0 Å². The molecule has 70 valence electrons. The third kappa shape index (κ3) is 2.62. The standard InChI is InChI=1S/C10H10BrFO/c1-7-2-3-9(12)8(6-7)10(13)4-5-11/h2-3,6H,4-5H2,1H3. The lowest BCUT2D eigenvalue weighted by Gasteiger charge is -2.01. The van der Waals surface area contributed by atoms with Gasteiger partial charge in [-0.05, 0) is 19.1 Å². The molecule has 0 unspecified atom stereocenters. The molecule has 3 heteroatoms. The topological polar surface area (TPSA) is 17.1 Å². The van der Waals surface area contributed by atoms with Crippen LogP contribution in [-0.2, 0) is 0 Å². The molecule has 1 aromatic carbocycles. The van der Waals surface area contributed by atoms with Crippen LogP contribution in [0.3, 0.4) is 0 Å². The zero-order valence-corrected chi connectivity index (χ0v) is 8.90. The molecule has 0 saturated carbocycles. The lowest BCUT2D eigenvalue weighted by molar-refractivity contribution is 0.0986. The molecule has 0 aromatic heterocycles. The molecule has 0 spiro atoms. The van der Waals surface area contributed by atoms with Crippen LogP contribution >= 0.6 is 15.9 Å². The third-order valence-corrected chi connectivity index (χ3v) is 2.14. The summed E-state index contributed by atoms with van der Waals surface area (Å²) in [7, 11) is 0. The number of carbonyl (C=O) groups excluding carboxylic acids is 1. The summed E-state index contributed by atoms with van der Waals surface area (Å²) in [6, 6.07) is 4.57. The Morgan fingerprint density at radius 3 is 2.85 bits per heavy atom. The largest absolute Gasteiger partial charge is 0.294 e. The Labute approximate surface area is 85.1 Å². The monoisotopic (exact) mass is 244 g/mol. The molecule has 0 atom stereocenters. The molecular formula is C10H10BrFO. The Morgan fingerprint density at radius 1 is 1.54 bits per heavy atom. The number of carbonyl (C=O) groups is 1. The molecule has 1 aromatic rings. The second kappa shape index (κ2) is 4.51. The SMILES string of the molecule is Cc1ccc(F)c(C(=O)CCBr)c1. The molecule has 0 heterocycles. The fourth-order valence-corrected chi connectivity index (χ4v) is 1.43. The Balaban J connectivity index is 2.99. The van der Waals surface area contributed by atoms with E-state index in [9.17, 15) is 9.18 Å². The Kier molecular flexibility index (Phi) is 3.60. The zero-order chi connectivity index (χ0) is 9.84. The lowest BCUT2D eigenvalue weighted by atomic mass is 10.1. The molecular weight excluding hydrogens is 235 g/mol. The lowest BCUT2D eigenvalue weighted by Crippen LogP contribution is -2.03. The van der Waals surface area contributed by atoms with Crippen LogP contribution in [0.15, 0.2) is 18.2 Å². The fourth-order valence-electron chi connectivity index (χ4n) is 1.07. The van der Waals surface area contributed by atoms with Crippen molar-refractivity contribution in [2.45, 2.75) is 13.3 Å². The van der Waals surface area contributed by atoms with Gasteiger partial charge in [-0.15, -0.1) is 0 Å². The number of hydrogen-bond acceptors (Lipinski definition) is 1. The number of aryl methyl sites for hydroxylation is 1. The molecule has 13 heavy (non-hydrogen) atoms. The van der Waals surface area contributed by atoms with Crippen LogP contribution in [-0.4, -0.2) is 11.1 Å². The fraction of sp³-hybridized carbons (Fsp3) is 0.300. The summed E-state index contributed by atoms with van der Waals surface area (Å²) in [4.78, 5) is 11.3. The van der Waals surface area contributed by atoms with Crippen molar-refractivity contribution in [3.63, 3.8) is 0 Å². The maximum Gasteiger partial charge on any atom is 0.166 e. The van der Waals surface area contributed by atoms with Crippen LogP contribution < -0.4 is 0 Å². The van der Waals surface area contributed by atoms with Crippen LogP contribution in [0.25, 0.3) is 0 Å². The summed E-state index contributed by atoms with van der Waals surface area (Å²) in [5, 5.41) is 0.569. The summed E-state index contributed by atoms with van der Waals surface area (Å²) in [6.45, 7) is 1.84. The predicted octanol–water partition coefficient (Wildman–Crippen LogP) is 3.10. The first-order chi connectivity index (χ1) is 6.15. The van der Waals surface area contributed by atoms with E-state index in [1.807, 2.05) is 6.92 Å². The highest BCUT2D eigenvalue weighted by Gasteiger charge is 2.10. The summed E-state index contributed by atoms with van der Waals surface area (Å²) >= 11 is 3.15. The number of Topliss-reactive ketones (excluding diaryl/α,β-unsaturated/α-hetero) is 1. The van der Waals surface area contributed by atoms with E-state index in [0.29, 0.717) is 11.8 Å². The first-order valence-corrected chi connectivity index (χ1v) is 5.12. The van der Waals surface area contributed by atoms with Crippen molar-refractivity contribution in [1.82, 2.24) is 0 Å². The third-order valence-electron chi connectivity index (χ3n) is 1.74. The summed E-state index contributed by atoms with van der Waals surface area (Å²) in [5.74, 6) is -0.588. The average Bonchev–Trinajstić information content (AvgIpc) is 2.09. The number of halogens is 2. The molecule has 0 bridgehead atoms. The van der Waals surface area contributed by atoms with Crippen LogP contribution in [0.4, 0.5) is 4.39 Å². The normalized spacial score (nSPS) is 10.1. The van der Waals surface area contributed by atoms with Gasteiger partial charge in [0.25, 0.3) is 0 Å². The minimum Gasteiger partial charge on any atom is -0.294 e. The molecule has 0 aliphatic carbocycles. The second-order valence-electron chi connectivity index (χ2n) is 2.85. The van der Waals surface area contributed by atoms with Crippen LogP contribution in [0.1, 0.15) is 22.3 Å². The smallest absolute Gasteiger partial charge is 0.166 e. The number of rotatable bonds is 3. The molecule has 0 fully saturated rings. The van der Waals surface area contributed by atoms with E-state index in [0.717, 1.165) is 5.56 Å². The van der Waals surface area contributed by atoms with Gasteiger partial charge >= 0.3 is 0 Å². The maximum absolute atomic E-state index is 13.1. The van der Waals surface area contributed by atoms with Gasteiger partial charge in [0.2, 0.25) is 0 Å². The molecule has 0 saturated heterocycles. The van der Waals surface area contributed by atoms with Crippen molar-refractivity contribution < 1.29 is 9.18 Å². The van der Waals surface area contributed by atoms with Gasteiger partial charge in [0, 0.05) is 11.8 Å². The van der Waals surface area contributed by atoms with Crippen molar-refractivity contribution >= 4 is 21.7 Å². The van der Waals surface area contributed by atoms with Gasteiger partial charge in [0.15, 0.2) is 5.78 Å². The Morgan fingerprint density at radius 2 is 2.23 bits per heavy atom. The van der Waals surface area contributed by atoms with Gasteiger partial charge in [0.05, 0.1) is 5.56 Å². The van der Waals surface area contributed by atoms with Crippen LogP contribution in [0.5, 0.6) is 0 Å². The highest BCUT2D eigenvalue weighted by atomic mass is 79.9. The van der Waals surface area contributed by atoms with Crippen LogP contribution in [0, 0.1) is 12.7 Å². The molecule has 0 aliphatic rings. The molecule has 0 N–H and O–H groups in total. The minimum atomic E-state index is -0.434. The first-order valence-electron chi connectivity index (χ1n) is 4.00. The van der Waals surface area contributed by atoms with Gasteiger partial charge in [0.1, 0.15) is 5.82 Å². The van der Waals surface area contributed by atoms with E-state index in [-0.39, 0.29) is 11.3 Å². The molecule has 0 aliphatic heterocycles. The first kappa shape index (κ1) is 10.4. The summed E-state index contributed by atoms with van der Waals surface area (Å²) < 4.78 is 13.1. The maximum atomic E-state index is 13.1. The number of hydrogen-bond donors (Lipinski definition) is 0. The van der Waals surface area contributed by atoms with E-state index >= 15 is 0 Å². The molecule has 0 radical (unpaired) electrons. The number of benzene rings is 1. The van der Waals surface area contributed by atoms with Crippen molar-refractivity contribution in [3.8, 4) is 0 Å². The highest BCUT2D eigenvalue weighted by molar-refractivity contribution is 9.09. The van der Waals surface area contributed by atoms with Crippen LogP contribution in [0.2, 0.25) is 0 Å². The second-order valence-corrected chi connectivity index (χ2v) is 3.64. The predicted molar refractivity (Wildman–Crippen MR) is 53.9 cm³/mol. The molecule has 1 nitrogen and oxygen atoms in total. The summed E-state index contributed by atoms with van der Waals surface area (Å²) in [5.41, 5.74) is 1.10. The number of ketones is 1. The number of alkyl halides is 1. The van der Waals surface area contributed by atoms with Gasteiger partial charge in [-0.1, -0.05) is 27.6 Å². The summed E-state index contributed by atoms with van der Waals surface area (Å²) in [6.07, 6.45) is 0.334. The van der Waals surface area contributed by atoms with Gasteiger partial charge in [-0.2, -0.15) is 0 Å². The Hall–Kier alpha value is -0.700. The van der Waals surface area contributed by atoms with E-state index < -0.39 is 5.82 Å². The van der Waals surface area contributed by atoms with Crippen molar-refractivity contribution in [2.75, 3.05) is 5.33 Å². The Bertz CT molecular complexity index is 323. The van der Waals surface area contributed by atoms with E-state index in [1.54, 1.807) is 12.1 Å². The van der Waals surface area contributed by atoms with Crippen molar-refractivity contribution in [3.05, 3.63) is 35.1 Å². The average molecular weight is 245 g/mol. The molecule has 1 rings (SSSR count).